The molecule has 7 nitrogen and oxygen atoms in total. The molecule has 2 amide bonds. The number of amides is 2. The first-order chi connectivity index (χ1) is 32.4. The predicted octanol–water partition coefficient (Wildman–Crippen LogP) is 13.4. The predicted molar refractivity (Wildman–Crippen MR) is 252 cm³/mol. The Morgan fingerprint density at radius 2 is 1.13 bits per heavy atom. The van der Waals surface area contributed by atoms with Crippen molar-refractivity contribution >= 4 is 29.6 Å². The molecule has 0 bridgehead atoms. The lowest BCUT2D eigenvalue weighted by atomic mass is 9.78. The summed E-state index contributed by atoms with van der Waals surface area (Å²) in [6.07, 6.45) is 12.3. The molecule has 5 aromatic rings. The van der Waals surface area contributed by atoms with E-state index in [2.05, 4.69) is 17.4 Å². The quantitative estimate of drug-likeness (QED) is 0.0810. The molecule has 67 heavy (non-hydrogen) atoms. The lowest BCUT2D eigenvalue weighted by Crippen LogP contribution is -2.50. The molecule has 3 aliphatic rings. The van der Waals surface area contributed by atoms with Crippen LogP contribution in [0.4, 0.5) is 22.4 Å². The second kappa shape index (κ2) is 21.1. The molecule has 1 saturated heterocycles. The molecule has 8 rings (SSSR count). The number of likely N-dealkylation sites (tertiary alicyclic amines) is 1. The first-order valence-electron chi connectivity index (χ1n) is 23.7. The Kier molecular flexibility index (Phi) is 15.0. The van der Waals surface area contributed by atoms with E-state index in [1.54, 1.807) is 48.5 Å². The molecule has 0 aromatic heterocycles. The summed E-state index contributed by atoms with van der Waals surface area (Å²) >= 11 is 6.99. The van der Waals surface area contributed by atoms with Gasteiger partial charge in [0.15, 0.2) is 5.60 Å². The summed E-state index contributed by atoms with van der Waals surface area (Å²) in [5.74, 6) is -11.5. The number of alkyl carbamates (subject to hydrolysis) is 1. The molecule has 0 radical (unpaired) electrons. The first-order valence-corrected chi connectivity index (χ1v) is 24.0. The molecule has 12 heteroatoms. The molecule has 2 fully saturated rings. The van der Waals surface area contributed by atoms with Crippen LogP contribution in [0.25, 0.3) is 11.1 Å². The maximum absolute atomic E-state index is 14.7. The van der Waals surface area contributed by atoms with E-state index in [1.807, 2.05) is 66.7 Å². The molecule has 1 heterocycles. The van der Waals surface area contributed by atoms with Crippen LogP contribution >= 0.6 is 11.6 Å². The number of hydrogen-bond acceptors (Lipinski definition) is 5. The second-order valence-corrected chi connectivity index (χ2v) is 18.7. The van der Waals surface area contributed by atoms with Crippen molar-refractivity contribution in [3.8, 4) is 11.1 Å². The molecule has 1 saturated carbocycles. The van der Waals surface area contributed by atoms with Crippen LogP contribution in [0.1, 0.15) is 129 Å². The van der Waals surface area contributed by atoms with Crippen molar-refractivity contribution in [2.45, 2.75) is 119 Å². The van der Waals surface area contributed by atoms with E-state index >= 15 is 0 Å². The summed E-state index contributed by atoms with van der Waals surface area (Å²) in [5.41, 5.74) is 4.66. The minimum atomic E-state index is -4.54. The molecular weight excluding hydrogens is 880 g/mol. The van der Waals surface area contributed by atoms with Gasteiger partial charge in [0.2, 0.25) is 5.91 Å². The number of fused-ring (bicyclic) bond motifs is 3. The number of halogens is 5. The van der Waals surface area contributed by atoms with Gasteiger partial charge in [0.25, 0.3) is 0 Å². The summed E-state index contributed by atoms with van der Waals surface area (Å²) in [4.78, 5) is 42.8. The summed E-state index contributed by atoms with van der Waals surface area (Å²) < 4.78 is 70.6. The highest BCUT2D eigenvalue weighted by molar-refractivity contribution is 6.31. The summed E-state index contributed by atoms with van der Waals surface area (Å²) in [7, 11) is 0. The summed E-state index contributed by atoms with van der Waals surface area (Å²) in [6, 6.07) is 37.2. The third kappa shape index (κ3) is 10.6. The molecule has 352 valence electrons. The van der Waals surface area contributed by atoms with Gasteiger partial charge in [0.1, 0.15) is 12.6 Å². The third-order valence-electron chi connectivity index (χ3n) is 13.8. The Morgan fingerprint density at radius 3 is 1.70 bits per heavy atom. The van der Waals surface area contributed by atoms with Crippen molar-refractivity contribution in [3.63, 3.8) is 0 Å². The van der Waals surface area contributed by atoms with Gasteiger partial charge in [-0.3, -0.25) is 9.59 Å². The zero-order valence-corrected chi connectivity index (χ0v) is 38.3. The molecule has 1 aliphatic heterocycles. The fourth-order valence-electron chi connectivity index (χ4n) is 10.2. The topological polar surface area (TPSA) is 84.9 Å². The van der Waals surface area contributed by atoms with Gasteiger partial charge >= 0.3 is 23.9 Å². The average molecular weight is 938 g/mol. The van der Waals surface area contributed by atoms with E-state index in [1.165, 1.54) is 56.9 Å². The van der Waals surface area contributed by atoms with Crippen LogP contribution in [0.3, 0.4) is 0 Å². The van der Waals surface area contributed by atoms with E-state index in [0.29, 0.717) is 22.6 Å². The molecular formula is C55H57ClF4N2O5. The molecule has 0 spiro atoms. The highest BCUT2D eigenvalue weighted by atomic mass is 35.5. The van der Waals surface area contributed by atoms with Crippen molar-refractivity contribution in [1.29, 1.82) is 0 Å². The monoisotopic (exact) mass is 936 g/mol. The van der Waals surface area contributed by atoms with Crippen LogP contribution in [-0.4, -0.2) is 60.5 Å². The minimum Gasteiger partial charge on any atom is -0.449 e. The Balaban J connectivity index is 1.10. The second-order valence-electron chi connectivity index (χ2n) is 18.3. The number of nitrogens with one attached hydrogen (secondary N) is 1. The Hall–Kier alpha value is -5.68. The number of benzene rings is 5. The van der Waals surface area contributed by atoms with Crippen LogP contribution in [-0.2, 0) is 24.7 Å². The van der Waals surface area contributed by atoms with Crippen molar-refractivity contribution in [1.82, 2.24) is 10.2 Å². The Morgan fingerprint density at radius 1 is 0.642 bits per heavy atom. The maximum Gasteiger partial charge on any atom is 0.407 e. The van der Waals surface area contributed by atoms with Gasteiger partial charge in [-0.05, 0) is 52.6 Å². The van der Waals surface area contributed by atoms with Crippen molar-refractivity contribution in [3.05, 3.63) is 166 Å². The summed E-state index contributed by atoms with van der Waals surface area (Å²) in [5, 5.41) is 2.64. The number of ether oxygens (including phenoxy) is 2. The zero-order chi connectivity index (χ0) is 47.0. The van der Waals surface area contributed by atoms with Crippen LogP contribution in [0.15, 0.2) is 127 Å². The molecule has 2 atom stereocenters. The van der Waals surface area contributed by atoms with Gasteiger partial charge in [-0.2, -0.15) is 17.6 Å². The summed E-state index contributed by atoms with van der Waals surface area (Å²) in [6.45, 7) is -3.40. The highest BCUT2D eigenvalue weighted by Crippen LogP contribution is 2.47. The highest BCUT2D eigenvalue weighted by Gasteiger charge is 2.64. The van der Waals surface area contributed by atoms with Crippen molar-refractivity contribution in [2.75, 3.05) is 19.7 Å². The fourth-order valence-corrected chi connectivity index (χ4v) is 10.5. The van der Waals surface area contributed by atoms with Gasteiger partial charge in [-0.25, -0.2) is 4.79 Å². The number of alkyl halides is 4. The normalized spacial score (nSPS) is 19.0. The zero-order valence-electron chi connectivity index (χ0n) is 37.5. The first kappa shape index (κ1) is 47.8. The number of rotatable bonds is 11. The number of nitrogens with zero attached hydrogens (tertiary/aromatic N) is 1. The molecule has 1 N–H and O–H groups in total. The fraction of sp³-hybridized carbons (Fsp3) is 0.400. The van der Waals surface area contributed by atoms with Gasteiger partial charge in [0, 0.05) is 27.6 Å². The van der Waals surface area contributed by atoms with Crippen LogP contribution in [0.2, 0.25) is 5.02 Å². The van der Waals surface area contributed by atoms with Gasteiger partial charge < -0.3 is 19.7 Å². The van der Waals surface area contributed by atoms with E-state index in [9.17, 15) is 31.9 Å². The van der Waals surface area contributed by atoms with Gasteiger partial charge in [0.05, 0.1) is 19.5 Å². The lowest BCUT2D eigenvalue weighted by molar-refractivity contribution is -0.172. The Labute approximate surface area is 395 Å². The number of carbonyl (C=O) groups is 3. The van der Waals surface area contributed by atoms with Gasteiger partial charge in [-0.1, -0.05) is 197 Å². The average Bonchev–Trinajstić information content (AvgIpc) is 3.77. The molecule has 1 unspecified atom stereocenters. The largest absolute Gasteiger partial charge is 0.449 e. The van der Waals surface area contributed by atoms with Crippen molar-refractivity contribution in [2.24, 2.45) is 0 Å². The van der Waals surface area contributed by atoms with Crippen LogP contribution in [0.5, 0.6) is 0 Å². The minimum absolute atomic E-state index is 0.175. The third-order valence-corrected chi connectivity index (χ3v) is 14.1. The Bertz CT molecular complexity index is 2430. The number of carbonyl (C=O) groups excluding carboxylic acids is 3. The lowest BCUT2D eigenvalue weighted by Gasteiger charge is -2.36. The van der Waals surface area contributed by atoms with Crippen LogP contribution in [0, 0.1) is 0 Å². The smallest absolute Gasteiger partial charge is 0.407 e. The van der Waals surface area contributed by atoms with E-state index in [4.69, 9.17) is 21.1 Å². The van der Waals surface area contributed by atoms with E-state index < -0.39 is 61.0 Å². The van der Waals surface area contributed by atoms with E-state index in [-0.39, 0.29) is 22.4 Å². The molecule has 5 aromatic carbocycles. The van der Waals surface area contributed by atoms with E-state index in [0.717, 1.165) is 47.9 Å². The van der Waals surface area contributed by atoms with Crippen molar-refractivity contribution < 1.29 is 41.4 Å². The van der Waals surface area contributed by atoms with Gasteiger partial charge in [-0.15, -0.1) is 0 Å². The molecule has 2 aliphatic carbocycles. The standard InChI is InChI=1S/C55H57ClF4N2O5/c56-48-29-19-18-28-47(48)55(40-22-12-9-13-23-40,41-32-30-39(31-33-41)38-20-10-7-5-3-1-2-4-6-8-11-21-38)67-50(63)34-49(51(64)62-36-53(57,58)54(59,60)37-62)61-52(65)66-35-46-44-26-16-14-24-42(44)43-25-15-17-27-45(43)46/h9,12-19,22-33,38,46,49H,1-8,10-11,20-21,34-37H2,(H,61,65)/t49-,55?/m0/s1. The van der Waals surface area contributed by atoms with Crippen LogP contribution < -0.4 is 5.32 Å². The SMILES string of the molecule is O=C(C[C@H](NC(=O)OCC1c2ccccc2-c2ccccc21)C(=O)N1CC(F)(F)C(F)(F)C1)OC(c1ccccc1)(c1ccc(C2CCCCCCCCCCCC2)cc1)c1ccccc1Cl. The number of esters is 1. The maximum atomic E-state index is 14.7. The number of hydrogen-bond donors (Lipinski definition) is 1.